The number of rotatable bonds is 3. The van der Waals surface area contributed by atoms with E-state index in [0.717, 1.165) is 29.1 Å². The third-order valence-corrected chi connectivity index (χ3v) is 3.70. The van der Waals surface area contributed by atoms with Gasteiger partial charge in [0.2, 0.25) is 0 Å². The second-order valence-corrected chi connectivity index (χ2v) is 5.09. The van der Waals surface area contributed by atoms with Gasteiger partial charge in [0, 0.05) is 19.8 Å². The molecule has 0 aliphatic heterocycles. The van der Waals surface area contributed by atoms with Crippen molar-refractivity contribution in [2.45, 2.75) is 6.54 Å². The highest BCUT2D eigenvalue weighted by molar-refractivity contribution is 5.75. The zero-order chi connectivity index (χ0) is 14.8. The molecule has 1 heterocycles. The predicted molar refractivity (Wildman–Crippen MR) is 84.0 cm³/mol. The van der Waals surface area contributed by atoms with Crippen LogP contribution in [-0.4, -0.2) is 16.6 Å². The maximum Gasteiger partial charge on any atom is 0.129 e. The molecule has 0 aliphatic carbocycles. The minimum absolute atomic E-state index is 0.676. The molecule has 4 nitrogen and oxygen atoms in total. The van der Waals surface area contributed by atoms with Gasteiger partial charge in [0.25, 0.3) is 0 Å². The molecular formula is C17H16N4. The first kappa shape index (κ1) is 13.2. The molecule has 0 unspecified atom stereocenters. The molecule has 0 saturated carbocycles. The lowest BCUT2D eigenvalue weighted by Crippen LogP contribution is -2.18. The molecule has 0 bridgehead atoms. The average molecular weight is 276 g/mol. The molecule has 0 spiro atoms. The Morgan fingerprint density at radius 2 is 1.86 bits per heavy atom. The number of para-hydroxylation sites is 2. The largest absolute Gasteiger partial charge is 0.367 e. The zero-order valence-electron chi connectivity index (χ0n) is 12.1. The molecule has 21 heavy (non-hydrogen) atoms. The van der Waals surface area contributed by atoms with Crippen molar-refractivity contribution < 1.29 is 0 Å². The normalized spacial score (nSPS) is 10.5. The van der Waals surface area contributed by atoms with Crippen molar-refractivity contribution in [3.05, 3.63) is 59.9 Å². The molecule has 0 N–H and O–H groups in total. The van der Waals surface area contributed by atoms with Crippen molar-refractivity contribution in [1.82, 2.24) is 9.55 Å². The van der Waals surface area contributed by atoms with E-state index in [1.54, 1.807) is 0 Å². The first-order valence-electron chi connectivity index (χ1n) is 6.80. The summed E-state index contributed by atoms with van der Waals surface area (Å²) in [6.45, 7) is 0.719. The number of aryl methyl sites for hydroxylation is 1. The Kier molecular flexibility index (Phi) is 3.33. The predicted octanol–water partition coefficient (Wildman–Crippen LogP) is 3.08. The molecule has 3 aromatic rings. The van der Waals surface area contributed by atoms with Crippen LogP contribution in [0.2, 0.25) is 0 Å². The van der Waals surface area contributed by atoms with Crippen LogP contribution in [0, 0.1) is 11.3 Å². The van der Waals surface area contributed by atoms with Crippen molar-refractivity contribution in [3.8, 4) is 6.07 Å². The van der Waals surface area contributed by atoms with Gasteiger partial charge in [-0.2, -0.15) is 5.26 Å². The maximum atomic E-state index is 8.84. The van der Waals surface area contributed by atoms with Crippen LogP contribution >= 0.6 is 0 Å². The van der Waals surface area contributed by atoms with Gasteiger partial charge in [-0.25, -0.2) is 4.98 Å². The Hall–Kier alpha value is -2.80. The standard InChI is InChI=1S/C17H16N4/c1-20(14-9-7-13(11-18)8-10-14)12-17-19-15-5-3-4-6-16(15)21(17)2/h3-10H,12H2,1-2H3. The Morgan fingerprint density at radius 3 is 2.52 bits per heavy atom. The van der Waals surface area contributed by atoms with Crippen LogP contribution in [0.4, 0.5) is 5.69 Å². The molecule has 0 saturated heterocycles. The highest BCUT2D eigenvalue weighted by Gasteiger charge is 2.10. The van der Waals surface area contributed by atoms with E-state index in [2.05, 4.69) is 26.6 Å². The fourth-order valence-corrected chi connectivity index (χ4v) is 2.43. The molecule has 0 aliphatic rings. The summed E-state index contributed by atoms with van der Waals surface area (Å²) in [5.41, 5.74) is 3.90. The van der Waals surface area contributed by atoms with E-state index in [4.69, 9.17) is 5.26 Å². The Balaban J connectivity index is 1.87. The van der Waals surface area contributed by atoms with E-state index < -0.39 is 0 Å². The quantitative estimate of drug-likeness (QED) is 0.738. The van der Waals surface area contributed by atoms with Crippen molar-refractivity contribution >= 4 is 16.7 Å². The molecule has 3 rings (SSSR count). The van der Waals surface area contributed by atoms with Crippen molar-refractivity contribution in [1.29, 1.82) is 5.26 Å². The minimum Gasteiger partial charge on any atom is -0.367 e. The number of imidazole rings is 1. The van der Waals surface area contributed by atoms with Crippen LogP contribution in [0.25, 0.3) is 11.0 Å². The summed E-state index contributed by atoms with van der Waals surface area (Å²) in [6, 6.07) is 17.9. The summed E-state index contributed by atoms with van der Waals surface area (Å²) in [7, 11) is 4.07. The van der Waals surface area contributed by atoms with Crippen LogP contribution < -0.4 is 4.90 Å². The van der Waals surface area contributed by atoms with Gasteiger partial charge in [-0.1, -0.05) is 12.1 Å². The molecule has 2 aromatic carbocycles. The molecule has 4 heteroatoms. The molecule has 0 amide bonds. The lowest BCUT2D eigenvalue weighted by molar-refractivity contribution is 0.776. The zero-order valence-corrected chi connectivity index (χ0v) is 12.1. The topological polar surface area (TPSA) is 44.9 Å². The number of nitriles is 1. The van der Waals surface area contributed by atoms with Gasteiger partial charge < -0.3 is 9.47 Å². The van der Waals surface area contributed by atoms with Gasteiger partial charge in [0.15, 0.2) is 0 Å². The monoisotopic (exact) mass is 276 g/mol. The first-order valence-corrected chi connectivity index (χ1v) is 6.80. The summed E-state index contributed by atoms with van der Waals surface area (Å²) in [5, 5.41) is 8.84. The summed E-state index contributed by atoms with van der Waals surface area (Å²) >= 11 is 0. The van der Waals surface area contributed by atoms with Gasteiger partial charge >= 0.3 is 0 Å². The summed E-state index contributed by atoms with van der Waals surface area (Å²) in [6.07, 6.45) is 0. The molecule has 0 atom stereocenters. The molecule has 0 fully saturated rings. The van der Waals surface area contributed by atoms with E-state index in [1.807, 2.05) is 56.6 Å². The number of anilines is 1. The van der Waals surface area contributed by atoms with Gasteiger partial charge in [-0.15, -0.1) is 0 Å². The number of aromatic nitrogens is 2. The van der Waals surface area contributed by atoms with Gasteiger partial charge in [0.1, 0.15) is 5.82 Å². The SMILES string of the molecule is CN(Cc1nc2ccccc2n1C)c1ccc(C#N)cc1. The average Bonchev–Trinajstić information content (AvgIpc) is 2.84. The summed E-state index contributed by atoms with van der Waals surface area (Å²) in [4.78, 5) is 6.81. The third-order valence-electron chi connectivity index (χ3n) is 3.70. The van der Waals surface area contributed by atoms with Crippen LogP contribution in [0.5, 0.6) is 0 Å². The minimum atomic E-state index is 0.676. The van der Waals surface area contributed by atoms with Crippen LogP contribution in [0.1, 0.15) is 11.4 Å². The number of benzene rings is 2. The van der Waals surface area contributed by atoms with E-state index in [1.165, 1.54) is 0 Å². The number of fused-ring (bicyclic) bond motifs is 1. The summed E-state index contributed by atoms with van der Waals surface area (Å²) in [5.74, 6) is 1.02. The highest BCUT2D eigenvalue weighted by atomic mass is 15.2. The van der Waals surface area contributed by atoms with E-state index >= 15 is 0 Å². The fourth-order valence-electron chi connectivity index (χ4n) is 2.43. The Bertz CT molecular complexity index is 809. The lowest BCUT2D eigenvalue weighted by Gasteiger charge is -2.19. The number of nitrogens with zero attached hydrogens (tertiary/aromatic N) is 4. The van der Waals surface area contributed by atoms with Crippen LogP contribution in [0.15, 0.2) is 48.5 Å². The first-order chi connectivity index (χ1) is 10.2. The van der Waals surface area contributed by atoms with E-state index in [0.29, 0.717) is 5.56 Å². The number of hydrogen-bond acceptors (Lipinski definition) is 3. The van der Waals surface area contributed by atoms with Crippen LogP contribution in [-0.2, 0) is 13.6 Å². The second-order valence-electron chi connectivity index (χ2n) is 5.09. The van der Waals surface area contributed by atoms with Crippen LogP contribution in [0.3, 0.4) is 0 Å². The molecule has 1 aromatic heterocycles. The fraction of sp³-hybridized carbons (Fsp3) is 0.176. The summed E-state index contributed by atoms with van der Waals surface area (Å²) < 4.78 is 2.12. The smallest absolute Gasteiger partial charge is 0.129 e. The van der Waals surface area contributed by atoms with Crippen molar-refractivity contribution in [2.75, 3.05) is 11.9 Å². The molecule has 104 valence electrons. The van der Waals surface area contributed by atoms with Crippen molar-refractivity contribution in [3.63, 3.8) is 0 Å². The lowest BCUT2D eigenvalue weighted by atomic mass is 10.2. The Labute approximate surface area is 123 Å². The third kappa shape index (κ3) is 2.46. The Morgan fingerprint density at radius 1 is 1.14 bits per heavy atom. The molecule has 0 radical (unpaired) electrons. The van der Waals surface area contributed by atoms with E-state index in [-0.39, 0.29) is 0 Å². The van der Waals surface area contributed by atoms with E-state index in [9.17, 15) is 0 Å². The van der Waals surface area contributed by atoms with Gasteiger partial charge in [-0.05, 0) is 36.4 Å². The molecular weight excluding hydrogens is 260 g/mol. The second kappa shape index (κ2) is 5.29. The number of hydrogen-bond donors (Lipinski definition) is 0. The van der Waals surface area contributed by atoms with Crippen molar-refractivity contribution in [2.24, 2.45) is 7.05 Å². The van der Waals surface area contributed by atoms with Gasteiger partial charge in [-0.3, -0.25) is 0 Å². The van der Waals surface area contributed by atoms with Gasteiger partial charge in [0.05, 0.1) is 29.2 Å². The maximum absolute atomic E-state index is 8.84. The highest BCUT2D eigenvalue weighted by Crippen LogP contribution is 2.19.